The molecule has 8 atom stereocenters. The molecular formula is C26H48O2Si2. The molecule has 0 radical (unpaired) electrons. The lowest BCUT2D eigenvalue weighted by Gasteiger charge is -2.60. The van der Waals surface area contributed by atoms with Gasteiger partial charge in [0.05, 0.1) is 11.9 Å². The first-order valence-corrected chi connectivity index (χ1v) is 19.6. The molecule has 0 bridgehead atoms. The minimum atomic E-state index is -1.54. The van der Waals surface area contributed by atoms with Crippen LogP contribution in [-0.2, 0) is 8.85 Å². The van der Waals surface area contributed by atoms with Crippen molar-refractivity contribution >= 4 is 16.6 Å². The SMILES string of the molecule is CC1CC2(C)C(C=C1O[Si](C)(C)C)CCC1C2CCC2(C)C(O[Si](C)(C)C)CCC12. The van der Waals surface area contributed by atoms with Gasteiger partial charge in [-0.25, -0.2) is 0 Å². The molecule has 2 nitrogen and oxygen atoms in total. The number of hydrogen-bond donors (Lipinski definition) is 0. The first kappa shape index (κ1) is 23.1. The summed E-state index contributed by atoms with van der Waals surface area (Å²) < 4.78 is 13.3. The lowest BCUT2D eigenvalue weighted by Crippen LogP contribution is -2.54. The Labute approximate surface area is 188 Å². The Bertz CT molecular complexity index is 690. The highest BCUT2D eigenvalue weighted by atomic mass is 28.4. The molecule has 0 aliphatic heterocycles. The lowest BCUT2D eigenvalue weighted by molar-refractivity contribution is -0.107. The Kier molecular flexibility index (Phi) is 5.76. The average Bonchev–Trinajstić information content (AvgIpc) is 2.89. The van der Waals surface area contributed by atoms with Gasteiger partial charge >= 0.3 is 0 Å². The van der Waals surface area contributed by atoms with Gasteiger partial charge in [0.15, 0.2) is 8.32 Å². The molecule has 0 aromatic carbocycles. The molecule has 4 heteroatoms. The minimum absolute atomic E-state index is 0.423. The molecule has 4 aliphatic carbocycles. The van der Waals surface area contributed by atoms with Crippen LogP contribution in [-0.4, -0.2) is 22.7 Å². The van der Waals surface area contributed by atoms with E-state index in [4.69, 9.17) is 8.85 Å². The second kappa shape index (κ2) is 7.48. The first-order chi connectivity index (χ1) is 13.7. The summed E-state index contributed by atoms with van der Waals surface area (Å²) in [5.41, 5.74) is 0.889. The molecule has 0 aromatic rings. The van der Waals surface area contributed by atoms with Gasteiger partial charge in [-0.2, -0.15) is 0 Å². The zero-order chi connectivity index (χ0) is 22.1. The largest absolute Gasteiger partial charge is 0.547 e. The summed E-state index contributed by atoms with van der Waals surface area (Å²) in [4.78, 5) is 0. The van der Waals surface area contributed by atoms with E-state index in [0.717, 1.165) is 23.7 Å². The summed E-state index contributed by atoms with van der Waals surface area (Å²) in [6, 6.07) is 0. The van der Waals surface area contributed by atoms with Crippen molar-refractivity contribution in [3.8, 4) is 0 Å². The van der Waals surface area contributed by atoms with E-state index >= 15 is 0 Å². The summed E-state index contributed by atoms with van der Waals surface area (Å²) in [6.45, 7) is 21.8. The molecule has 3 fully saturated rings. The fraction of sp³-hybridized carbons (Fsp3) is 0.923. The van der Waals surface area contributed by atoms with Crippen LogP contribution in [0.1, 0.15) is 65.7 Å². The molecule has 0 aromatic heterocycles. The molecule has 0 spiro atoms. The molecule has 4 rings (SSSR count). The number of fused-ring (bicyclic) bond motifs is 5. The summed E-state index contributed by atoms with van der Waals surface area (Å²) in [6.07, 6.45) is 12.7. The van der Waals surface area contributed by atoms with E-state index < -0.39 is 16.6 Å². The zero-order valence-corrected chi connectivity index (χ0v) is 23.3. The molecule has 172 valence electrons. The van der Waals surface area contributed by atoms with Crippen molar-refractivity contribution in [2.75, 3.05) is 0 Å². The second-order valence-electron chi connectivity index (χ2n) is 13.8. The maximum atomic E-state index is 6.78. The van der Waals surface area contributed by atoms with Gasteiger partial charge in [-0.15, -0.1) is 0 Å². The van der Waals surface area contributed by atoms with Gasteiger partial charge in [0, 0.05) is 5.92 Å². The Hall–Kier alpha value is -0.0662. The summed E-state index contributed by atoms with van der Waals surface area (Å²) in [7, 11) is -3.02. The monoisotopic (exact) mass is 448 g/mol. The Morgan fingerprint density at radius 1 is 0.833 bits per heavy atom. The van der Waals surface area contributed by atoms with Crippen LogP contribution in [0.3, 0.4) is 0 Å². The van der Waals surface area contributed by atoms with Crippen LogP contribution in [0.4, 0.5) is 0 Å². The van der Waals surface area contributed by atoms with E-state index in [1.54, 1.807) is 0 Å². The van der Waals surface area contributed by atoms with Gasteiger partial charge in [0.2, 0.25) is 8.32 Å². The maximum absolute atomic E-state index is 6.78. The van der Waals surface area contributed by atoms with Crippen LogP contribution in [0.5, 0.6) is 0 Å². The van der Waals surface area contributed by atoms with Gasteiger partial charge in [0.25, 0.3) is 0 Å². The van der Waals surface area contributed by atoms with E-state index in [2.05, 4.69) is 66.1 Å². The smallest absolute Gasteiger partial charge is 0.241 e. The normalized spacial score (nSPS) is 46.5. The predicted molar refractivity (Wildman–Crippen MR) is 132 cm³/mol. The van der Waals surface area contributed by atoms with Crippen LogP contribution in [0, 0.1) is 40.4 Å². The molecular weight excluding hydrogens is 400 g/mol. The standard InChI is InChI=1S/C26H48O2Si2/c1-18-17-26(3)19(16-23(18)27-29(4,5)6)10-11-20-21-12-13-24(28-30(7,8)9)25(21,2)15-14-22(20)26/h16,18-22,24H,10-15,17H2,1-9H3. The van der Waals surface area contributed by atoms with Gasteiger partial charge < -0.3 is 8.85 Å². The van der Waals surface area contributed by atoms with Crippen LogP contribution in [0.2, 0.25) is 39.3 Å². The second-order valence-corrected chi connectivity index (χ2v) is 22.7. The maximum Gasteiger partial charge on any atom is 0.241 e. The van der Waals surface area contributed by atoms with Crippen LogP contribution in [0.25, 0.3) is 0 Å². The van der Waals surface area contributed by atoms with Crippen LogP contribution < -0.4 is 0 Å². The van der Waals surface area contributed by atoms with E-state index in [1.165, 1.54) is 50.7 Å². The third-order valence-electron chi connectivity index (χ3n) is 9.37. The fourth-order valence-electron chi connectivity index (χ4n) is 8.25. The first-order valence-electron chi connectivity index (χ1n) is 12.8. The fourth-order valence-corrected chi connectivity index (χ4v) is 10.5. The van der Waals surface area contributed by atoms with Gasteiger partial charge in [-0.05, 0) is 125 Å². The molecule has 0 heterocycles. The van der Waals surface area contributed by atoms with Gasteiger partial charge in [-0.1, -0.05) is 20.8 Å². The predicted octanol–water partition coefficient (Wildman–Crippen LogP) is 7.84. The number of hydrogen-bond acceptors (Lipinski definition) is 2. The van der Waals surface area contributed by atoms with E-state index in [0.29, 0.717) is 22.9 Å². The van der Waals surface area contributed by atoms with Crippen molar-refractivity contribution in [3.63, 3.8) is 0 Å². The minimum Gasteiger partial charge on any atom is -0.547 e. The average molecular weight is 449 g/mol. The van der Waals surface area contributed by atoms with Crippen molar-refractivity contribution in [1.82, 2.24) is 0 Å². The molecule has 4 aliphatic rings. The molecule has 30 heavy (non-hydrogen) atoms. The Balaban J connectivity index is 1.56. The molecule has 3 saturated carbocycles. The number of rotatable bonds is 4. The molecule has 8 unspecified atom stereocenters. The van der Waals surface area contributed by atoms with Gasteiger partial charge in [-0.3, -0.25) is 0 Å². The summed E-state index contributed by atoms with van der Waals surface area (Å²) >= 11 is 0. The molecule has 0 amide bonds. The topological polar surface area (TPSA) is 18.5 Å². The highest BCUT2D eigenvalue weighted by Crippen LogP contribution is 2.66. The third-order valence-corrected chi connectivity index (χ3v) is 11.2. The van der Waals surface area contributed by atoms with Crippen molar-refractivity contribution < 1.29 is 8.85 Å². The van der Waals surface area contributed by atoms with E-state index in [9.17, 15) is 0 Å². The quantitative estimate of drug-likeness (QED) is 0.408. The zero-order valence-electron chi connectivity index (χ0n) is 21.3. The molecule has 0 saturated heterocycles. The van der Waals surface area contributed by atoms with Crippen molar-refractivity contribution in [1.29, 1.82) is 0 Å². The summed E-state index contributed by atoms with van der Waals surface area (Å²) in [5, 5.41) is 0. The highest BCUT2D eigenvalue weighted by molar-refractivity contribution is 6.70. The van der Waals surface area contributed by atoms with E-state index in [1.807, 2.05) is 0 Å². The Morgan fingerprint density at radius 2 is 1.50 bits per heavy atom. The van der Waals surface area contributed by atoms with Gasteiger partial charge in [0.1, 0.15) is 0 Å². The van der Waals surface area contributed by atoms with Crippen molar-refractivity contribution in [2.24, 2.45) is 40.4 Å². The third kappa shape index (κ3) is 4.03. The highest BCUT2D eigenvalue weighted by Gasteiger charge is 2.60. The van der Waals surface area contributed by atoms with Crippen molar-refractivity contribution in [2.45, 2.75) is 111 Å². The molecule has 0 N–H and O–H groups in total. The number of allylic oxidation sites excluding steroid dienone is 2. The van der Waals surface area contributed by atoms with Crippen LogP contribution >= 0.6 is 0 Å². The Morgan fingerprint density at radius 3 is 2.13 bits per heavy atom. The van der Waals surface area contributed by atoms with E-state index in [-0.39, 0.29) is 0 Å². The van der Waals surface area contributed by atoms with Crippen LogP contribution in [0.15, 0.2) is 11.8 Å². The summed E-state index contributed by atoms with van der Waals surface area (Å²) in [5.74, 6) is 5.33. The lowest BCUT2D eigenvalue weighted by atomic mass is 9.45. The van der Waals surface area contributed by atoms with Crippen molar-refractivity contribution in [3.05, 3.63) is 11.8 Å².